The van der Waals surface area contributed by atoms with Crippen molar-refractivity contribution in [2.24, 2.45) is 0 Å². The predicted molar refractivity (Wildman–Crippen MR) is 98.7 cm³/mol. The number of aromatic nitrogens is 2. The topological polar surface area (TPSA) is 59.2 Å². The molecule has 0 saturated carbocycles. The fourth-order valence-corrected chi connectivity index (χ4v) is 3.46. The maximum Gasteiger partial charge on any atom is 0.254 e. The second-order valence-corrected chi connectivity index (χ2v) is 6.86. The normalized spacial score (nSPS) is 17.1. The Morgan fingerprint density at radius 1 is 1.15 bits per heavy atom. The Hall–Kier alpha value is -3.02. The molecule has 0 N–H and O–H groups in total. The zero-order valence-electron chi connectivity index (χ0n) is 15.1. The second kappa shape index (κ2) is 7.31. The molecule has 1 atom stereocenters. The molecule has 27 heavy (non-hydrogen) atoms. The van der Waals surface area contributed by atoms with E-state index in [-0.39, 0.29) is 17.6 Å². The van der Waals surface area contributed by atoms with Gasteiger partial charge in [0.2, 0.25) is 11.8 Å². The van der Waals surface area contributed by atoms with Crippen molar-refractivity contribution < 1.29 is 13.6 Å². The number of halogens is 1. The molecular formula is C21H20FN3O2. The third-order valence-electron chi connectivity index (χ3n) is 4.97. The highest BCUT2D eigenvalue weighted by Crippen LogP contribution is 2.29. The quantitative estimate of drug-likeness (QED) is 0.698. The van der Waals surface area contributed by atoms with Crippen LogP contribution in [0.5, 0.6) is 0 Å². The summed E-state index contributed by atoms with van der Waals surface area (Å²) in [7, 11) is 0. The Bertz CT molecular complexity index is 952. The number of carbonyl (C=O) groups is 1. The van der Waals surface area contributed by atoms with Crippen LogP contribution in [0, 0.1) is 12.7 Å². The summed E-state index contributed by atoms with van der Waals surface area (Å²) in [6.45, 7) is 3.22. The molecule has 1 fully saturated rings. The molecule has 0 aliphatic carbocycles. The van der Waals surface area contributed by atoms with Crippen molar-refractivity contribution in [3.63, 3.8) is 0 Å². The van der Waals surface area contributed by atoms with E-state index in [0.29, 0.717) is 23.9 Å². The Labute approximate surface area is 156 Å². The number of aryl methyl sites for hydroxylation is 1. The van der Waals surface area contributed by atoms with Crippen molar-refractivity contribution >= 4 is 5.91 Å². The van der Waals surface area contributed by atoms with E-state index in [4.69, 9.17) is 4.42 Å². The van der Waals surface area contributed by atoms with Gasteiger partial charge in [0.25, 0.3) is 5.91 Å². The lowest BCUT2D eigenvalue weighted by atomic mass is 9.97. The van der Waals surface area contributed by atoms with Crippen LogP contribution in [0.25, 0.3) is 11.5 Å². The first kappa shape index (κ1) is 17.4. The van der Waals surface area contributed by atoms with E-state index >= 15 is 0 Å². The lowest BCUT2D eigenvalue weighted by molar-refractivity contribution is 0.0697. The Balaban J connectivity index is 1.51. The van der Waals surface area contributed by atoms with Gasteiger partial charge < -0.3 is 9.32 Å². The molecule has 1 aliphatic rings. The minimum atomic E-state index is -0.309. The summed E-state index contributed by atoms with van der Waals surface area (Å²) in [4.78, 5) is 14.7. The van der Waals surface area contributed by atoms with Gasteiger partial charge in [-0.3, -0.25) is 4.79 Å². The van der Waals surface area contributed by atoms with Gasteiger partial charge in [0, 0.05) is 24.2 Å². The summed E-state index contributed by atoms with van der Waals surface area (Å²) < 4.78 is 18.9. The fourth-order valence-electron chi connectivity index (χ4n) is 3.46. The summed E-state index contributed by atoms with van der Waals surface area (Å²) >= 11 is 0. The molecule has 2 heterocycles. The van der Waals surface area contributed by atoms with Gasteiger partial charge in [0.05, 0.1) is 5.92 Å². The van der Waals surface area contributed by atoms with E-state index < -0.39 is 0 Å². The smallest absolute Gasteiger partial charge is 0.254 e. The molecule has 1 saturated heterocycles. The largest absolute Gasteiger partial charge is 0.420 e. The van der Waals surface area contributed by atoms with Gasteiger partial charge in [-0.25, -0.2) is 4.39 Å². The lowest BCUT2D eigenvalue weighted by Crippen LogP contribution is -2.39. The molecule has 1 aliphatic heterocycles. The zero-order chi connectivity index (χ0) is 18.8. The maximum absolute atomic E-state index is 13.1. The molecule has 0 bridgehead atoms. The third kappa shape index (κ3) is 3.60. The van der Waals surface area contributed by atoms with E-state index in [0.717, 1.165) is 30.5 Å². The van der Waals surface area contributed by atoms with Gasteiger partial charge in [-0.05, 0) is 55.7 Å². The minimum Gasteiger partial charge on any atom is -0.420 e. The summed E-state index contributed by atoms with van der Waals surface area (Å²) in [5.74, 6) is 0.629. The first-order valence-corrected chi connectivity index (χ1v) is 9.06. The molecular weight excluding hydrogens is 345 g/mol. The highest BCUT2D eigenvalue weighted by Gasteiger charge is 2.29. The molecule has 138 valence electrons. The van der Waals surface area contributed by atoms with Crippen LogP contribution in [0.4, 0.5) is 4.39 Å². The molecule has 6 heteroatoms. The van der Waals surface area contributed by atoms with Gasteiger partial charge >= 0.3 is 0 Å². The first-order valence-electron chi connectivity index (χ1n) is 9.06. The van der Waals surface area contributed by atoms with Crippen LogP contribution >= 0.6 is 0 Å². The van der Waals surface area contributed by atoms with Gasteiger partial charge in [-0.2, -0.15) is 0 Å². The van der Waals surface area contributed by atoms with Crippen molar-refractivity contribution in [1.29, 1.82) is 0 Å². The Kier molecular flexibility index (Phi) is 4.71. The number of benzene rings is 2. The number of piperidine rings is 1. The molecule has 5 nitrogen and oxygen atoms in total. The van der Waals surface area contributed by atoms with E-state index in [1.54, 1.807) is 12.1 Å². The molecule has 1 amide bonds. The van der Waals surface area contributed by atoms with Crippen LogP contribution in [-0.2, 0) is 0 Å². The molecule has 0 spiro atoms. The number of nitrogens with zero attached hydrogens (tertiary/aromatic N) is 3. The molecule has 0 radical (unpaired) electrons. The third-order valence-corrected chi connectivity index (χ3v) is 4.97. The predicted octanol–water partition coefficient (Wildman–Crippen LogP) is 4.20. The Morgan fingerprint density at radius 3 is 2.70 bits per heavy atom. The zero-order valence-corrected chi connectivity index (χ0v) is 15.1. The highest BCUT2D eigenvalue weighted by atomic mass is 19.1. The van der Waals surface area contributed by atoms with Crippen LogP contribution in [0.1, 0.15) is 40.6 Å². The Morgan fingerprint density at radius 2 is 1.93 bits per heavy atom. The number of hydrogen-bond donors (Lipinski definition) is 0. The van der Waals surface area contributed by atoms with E-state index in [1.807, 2.05) is 36.1 Å². The van der Waals surface area contributed by atoms with Crippen LogP contribution in [-0.4, -0.2) is 34.1 Å². The van der Waals surface area contributed by atoms with E-state index in [2.05, 4.69) is 10.2 Å². The van der Waals surface area contributed by atoms with Gasteiger partial charge in [-0.1, -0.05) is 18.2 Å². The van der Waals surface area contributed by atoms with Crippen molar-refractivity contribution in [3.8, 4) is 11.5 Å². The first-order chi connectivity index (χ1) is 13.1. The highest BCUT2D eigenvalue weighted by molar-refractivity contribution is 5.95. The van der Waals surface area contributed by atoms with Gasteiger partial charge in [0.1, 0.15) is 5.82 Å². The van der Waals surface area contributed by atoms with Crippen molar-refractivity contribution in [3.05, 3.63) is 71.4 Å². The molecule has 3 aromatic rings. The summed E-state index contributed by atoms with van der Waals surface area (Å²) in [6, 6.07) is 13.6. The molecule has 1 aromatic heterocycles. The second-order valence-electron chi connectivity index (χ2n) is 6.86. The number of hydrogen-bond acceptors (Lipinski definition) is 4. The standard InChI is InChI=1S/C21H20FN3O2/c1-14-5-2-3-7-18(14)21(26)25-12-4-6-16(13-25)20-24-23-19(27-20)15-8-10-17(22)11-9-15/h2-3,5,7-11,16H,4,6,12-13H2,1H3. The van der Waals surface area contributed by atoms with E-state index in [1.165, 1.54) is 12.1 Å². The average Bonchev–Trinajstić information content (AvgIpc) is 3.19. The number of rotatable bonds is 3. The SMILES string of the molecule is Cc1ccccc1C(=O)N1CCCC(c2nnc(-c3ccc(F)cc3)o2)C1. The summed E-state index contributed by atoms with van der Waals surface area (Å²) in [6.07, 6.45) is 1.78. The number of likely N-dealkylation sites (tertiary alicyclic amines) is 1. The lowest BCUT2D eigenvalue weighted by Gasteiger charge is -2.31. The summed E-state index contributed by atoms with van der Waals surface area (Å²) in [5, 5.41) is 8.27. The van der Waals surface area contributed by atoms with Crippen LogP contribution < -0.4 is 0 Å². The van der Waals surface area contributed by atoms with Crippen LogP contribution in [0.15, 0.2) is 52.9 Å². The number of carbonyl (C=O) groups excluding carboxylic acids is 1. The monoisotopic (exact) mass is 365 g/mol. The van der Waals surface area contributed by atoms with E-state index in [9.17, 15) is 9.18 Å². The molecule has 1 unspecified atom stereocenters. The maximum atomic E-state index is 13.1. The molecule has 4 rings (SSSR count). The average molecular weight is 365 g/mol. The fraction of sp³-hybridized carbons (Fsp3) is 0.286. The van der Waals surface area contributed by atoms with Crippen LogP contribution in [0.2, 0.25) is 0 Å². The van der Waals surface area contributed by atoms with Crippen molar-refractivity contribution in [1.82, 2.24) is 15.1 Å². The van der Waals surface area contributed by atoms with Crippen molar-refractivity contribution in [2.75, 3.05) is 13.1 Å². The van der Waals surface area contributed by atoms with Crippen molar-refractivity contribution in [2.45, 2.75) is 25.7 Å². The van der Waals surface area contributed by atoms with Crippen LogP contribution in [0.3, 0.4) is 0 Å². The minimum absolute atomic E-state index is 0.00779. The van der Waals surface area contributed by atoms with Gasteiger partial charge in [-0.15, -0.1) is 10.2 Å². The molecule has 2 aromatic carbocycles. The van der Waals surface area contributed by atoms with Gasteiger partial charge in [0.15, 0.2) is 0 Å². The number of amides is 1. The summed E-state index contributed by atoms with van der Waals surface area (Å²) in [5.41, 5.74) is 2.38.